The van der Waals surface area contributed by atoms with E-state index >= 15 is 4.39 Å². The first kappa shape index (κ1) is 25.3. The molecule has 2 spiro atoms. The van der Waals surface area contributed by atoms with E-state index in [9.17, 15) is 14.7 Å². The molecule has 6 rings (SSSR count). The lowest BCUT2D eigenvalue weighted by Crippen LogP contribution is -2.60. The molecule has 1 aliphatic carbocycles. The van der Waals surface area contributed by atoms with Crippen LogP contribution in [0.3, 0.4) is 0 Å². The molecular weight excluding hydrogens is 532 g/mol. The standard InChI is InChI=1S/C28H26Cl2FN3O4/c1-14-22(25(35)36)33-24(38-14)23-20(16-7-6-8-18(30)21(16)31)28(27(34(23)2)11-4-3-5-12-27)17-10-9-15(29)13-19(17)32-26(28)37/h6-10,13,20,23H,3-5,11-12H2,1-2H3,(H,32,37)(H,35,36)/t20-,23+,28+/m0/s1. The SMILES string of the molecule is Cc1oc([C@H]2[C@H](c3cccc(Cl)c3F)[C@]3(C(=O)Nc4cc(Cl)ccc43)C3(CCCCC3)N2C)nc1C(=O)O. The summed E-state index contributed by atoms with van der Waals surface area (Å²) < 4.78 is 22.0. The van der Waals surface area contributed by atoms with Crippen LogP contribution in [0.15, 0.2) is 40.8 Å². The Balaban J connectivity index is 1.72. The molecule has 7 nitrogen and oxygen atoms in total. The maximum Gasteiger partial charge on any atom is 0.358 e. The molecule has 38 heavy (non-hydrogen) atoms. The molecule has 3 atom stereocenters. The molecule has 3 heterocycles. The molecule has 1 aromatic heterocycles. The highest BCUT2D eigenvalue weighted by Crippen LogP contribution is 2.69. The van der Waals surface area contributed by atoms with Crippen LogP contribution in [0.2, 0.25) is 10.0 Å². The van der Waals surface area contributed by atoms with Gasteiger partial charge in [0.15, 0.2) is 5.69 Å². The Morgan fingerprint density at radius 3 is 2.63 bits per heavy atom. The van der Waals surface area contributed by atoms with Crippen molar-refractivity contribution in [1.29, 1.82) is 0 Å². The van der Waals surface area contributed by atoms with Crippen molar-refractivity contribution in [2.75, 3.05) is 12.4 Å². The van der Waals surface area contributed by atoms with Crippen molar-refractivity contribution in [1.82, 2.24) is 9.88 Å². The number of aromatic carboxylic acids is 1. The maximum atomic E-state index is 16.0. The van der Waals surface area contributed by atoms with Crippen LogP contribution in [0.1, 0.15) is 77.3 Å². The fourth-order valence-corrected chi connectivity index (χ4v) is 7.82. The molecular formula is C28H26Cl2FN3O4. The number of carboxylic acids is 1. The number of amides is 1. The van der Waals surface area contributed by atoms with Crippen LogP contribution in [0.4, 0.5) is 10.1 Å². The zero-order valence-electron chi connectivity index (χ0n) is 20.9. The van der Waals surface area contributed by atoms with Gasteiger partial charge < -0.3 is 14.8 Å². The largest absolute Gasteiger partial charge is 0.476 e. The van der Waals surface area contributed by atoms with Gasteiger partial charge in [0.1, 0.15) is 17.0 Å². The second-order valence-electron chi connectivity index (χ2n) is 10.5. The molecule has 198 valence electrons. The van der Waals surface area contributed by atoms with Crippen molar-refractivity contribution in [2.45, 2.75) is 61.9 Å². The van der Waals surface area contributed by atoms with E-state index in [0.717, 1.165) is 24.8 Å². The Kier molecular flexibility index (Phi) is 5.87. The summed E-state index contributed by atoms with van der Waals surface area (Å²) in [6, 6.07) is 9.34. The van der Waals surface area contributed by atoms with Crippen LogP contribution in [0.5, 0.6) is 0 Å². The van der Waals surface area contributed by atoms with Gasteiger partial charge in [-0.1, -0.05) is 60.7 Å². The Bertz CT molecular complexity index is 1480. The highest BCUT2D eigenvalue weighted by Gasteiger charge is 2.74. The average molecular weight is 558 g/mol. The number of nitrogens with zero attached hydrogens (tertiary/aromatic N) is 2. The number of aryl methyl sites for hydroxylation is 1. The fraction of sp³-hybridized carbons (Fsp3) is 0.393. The first-order valence-corrected chi connectivity index (χ1v) is 13.4. The monoisotopic (exact) mass is 557 g/mol. The normalized spacial score (nSPS) is 26.2. The third-order valence-corrected chi connectivity index (χ3v) is 9.41. The third-order valence-electron chi connectivity index (χ3n) is 8.89. The summed E-state index contributed by atoms with van der Waals surface area (Å²) in [6.45, 7) is 1.54. The molecule has 2 fully saturated rings. The molecule has 0 unspecified atom stereocenters. The van der Waals surface area contributed by atoms with Gasteiger partial charge in [0.25, 0.3) is 0 Å². The lowest BCUT2D eigenvalue weighted by molar-refractivity contribution is -0.125. The van der Waals surface area contributed by atoms with E-state index in [2.05, 4.69) is 15.2 Å². The molecule has 2 aromatic carbocycles. The number of rotatable bonds is 3. The number of carbonyl (C=O) groups excluding carboxylic acids is 1. The van der Waals surface area contributed by atoms with Crippen molar-refractivity contribution in [2.24, 2.45) is 0 Å². The number of carboxylic acid groups (broad SMARTS) is 1. The minimum atomic E-state index is -1.25. The van der Waals surface area contributed by atoms with Crippen LogP contribution in [0.25, 0.3) is 0 Å². The van der Waals surface area contributed by atoms with Crippen LogP contribution in [-0.2, 0) is 10.2 Å². The maximum absolute atomic E-state index is 16.0. The highest BCUT2D eigenvalue weighted by atomic mass is 35.5. The lowest BCUT2D eigenvalue weighted by atomic mass is 9.55. The van der Waals surface area contributed by atoms with Gasteiger partial charge in [-0.15, -0.1) is 0 Å². The average Bonchev–Trinajstić information content (AvgIpc) is 3.47. The second kappa shape index (κ2) is 8.79. The smallest absolute Gasteiger partial charge is 0.358 e. The van der Waals surface area contributed by atoms with E-state index in [-0.39, 0.29) is 33.8 Å². The summed E-state index contributed by atoms with van der Waals surface area (Å²) in [5, 5.41) is 13.2. The molecule has 2 aliphatic heterocycles. The summed E-state index contributed by atoms with van der Waals surface area (Å²) in [7, 11) is 1.90. The van der Waals surface area contributed by atoms with Gasteiger partial charge in [0.2, 0.25) is 11.8 Å². The summed E-state index contributed by atoms with van der Waals surface area (Å²) in [4.78, 5) is 32.8. The van der Waals surface area contributed by atoms with Gasteiger partial charge in [-0.05, 0) is 56.1 Å². The van der Waals surface area contributed by atoms with Crippen LogP contribution < -0.4 is 5.32 Å². The van der Waals surface area contributed by atoms with E-state index in [4.69, 9.17) is 27.6 Å². The van der Waals surface area contributed by atoms with Gasteiger partial charge in [-0.25, -0.2) is 14.2 Å². The van der Waals surface area contributed by atoms with Crippen molar-refractivity contribution >= 4 is 40.8 Å². The van der Waals surface area contributed by atoms with Crippen molar-refractivity contribution in [3.63, 3.8) is 0 Å². The van der Waals surface area contributed by atoms with E-state index in [1.807, 2.05) is 13.1 Å². The Labute approximate surface area is 228 Å². The number of benzene rings is 2. The number of nitrogens with one attached hydrogen (secondary N) is 1. The first-order chi connectivity index (χ1) is 18.1. The van der Waals surface area contributed by atoms with Crippen LogP contribution in [0, 0.1) is 12.7 Å². The Morgan fingerprint density at radius 1 is 1.21 bits per heavy atom. The number of hydrogen-bond acceptors (Lipinski definition) is 5. The number of anilines is 1. The molecule has 1 saturated carbocycles. The Morgan fingerprint density at radius 2 is 1.95 bits per heavy atom. The van der Waals surface area contributed by atoms with E-state index < -0.39 is 34.7 Å². The fourth-order valence-electron chi connectivity index (χ4n) is 7.47. The van der Waals surface area contributed by atoms with Gasteiger partial charge in [0.05, 0.1) is 11.1 Å². The number of fused-ring (bicyclic) bond motifs is 3. The van der Waals surface area contributed by atoms with Crippen molar-refractivity contribution in [3.05, 3.63) is 80.7 Å². The number of oxazole rings is 1. The molecule has 0 radical (unpaired) electrons. The summed E-state index contributed by atoms with van der Waals surface area (Å²) in [6.07, 6.45) is 4.14. The number of likely N-dealkylation sites (tertiary alicyclic amines) is 1. The van der Waals surface area contributed by atoms with E-state index in [1.54, 1.807) is 24.3 Å². The third kappa shape index (κ3) is 3.20. The molecule has 1 amide bonds. The summed E-state index contributed by atoms with van der Waals surface area (Å²) >= 11 is 12.6. The van der Waals surface area contributed by atoms with Crippen molar-refractivity contribution < 1.29 is 23.5 Å². The lowest BCUT2D eigenvalue weighted by Gasteiger charge is -2.49. The number of carbonyl (C=O) groups is 2. The first-order valence-electron chi connectivity index (χ1n) is 12.6. The summed E-state index contributed by atoms with van der Waals surface area (Å²) in [5.41, 5.74) is -0.616. The molecule has 3 aromatic rings. The van der Waals surface area contributed by atoms with Crippen LogP contribution >= 0.6 is 23.2 Å². The predicted molar refractivity (Wildman–Crippen MR) is 140 cm³/mol. The molecule has 2 N–H and O–H groups in total. The zero-order valence-corrected chi connectivity index (χ0v) is 22.4. The second-order valence-corrected chi connectivity index (χ2v) is 11.3. The molecule has 0 bridgehead atoms. The highest BCUT2D eigenvalue weighted by molar-refractivity contribution is 6.31. The van der Waals surface area contributed by atoms with Gasteiger partial charge in [-0.3, -0.25) is 9.69 Å². The zero-order chi connectivity index (χ0) is 27.0. The number of halogens is 3. The summed E-state index contributed by atoms with van der Waals surface area (Å²) in [5.74, 6) is -2.65. The topological polar surface area (TPSA) is 95.7 Å². The number of hydrogen-bond donors (Lipinski definition) is 2. The molecule has 10 heteroatoms. The number of aromatic nitrogens is 1. The van der Waals surface area contributed by atoms with Gasteiger partial charge in [-0.2, -0.15) is 0 Å². The Hall–Kier alpha value is -2.94. The molecule has 3 aliphatic rings. The van der Waals surface area contributed by atoms with Gasteiger partial charge in [0, 0.05) is 22.2 Å². The predicted octanol–water partition coefficient (Wildman–Crippen LogP) is 6.49. The minimum Gasteiger partial charge on any atom is -0.476 e. The van der Waals surface area contributed by atoms with Crippen molar-refractivity contribution in [3.8, 4) is 0 Å². The number of likely N-dealkylation sites (N-methyl/N-ethyl adjacent to an activating group) is 1. The van der Waals surface area contributed by atoms with Crippen LogP contribution in [-0.4, -0.2) is 39.5 Å². The minimum absolute atomic E-state index is 0.0619. The quantitative estimate of drug-likeness (QED) is 0.382. The van der Waals surface area contributed by atoms with E-state index in [1.165, 1.54) is 13.0 Å². The molecule has 1 saturated heterocycles. The van der Waals surface area contributed by atoms with Gasteiger partial charge >= 0.3 is 5.97 Å². The van der Waals surface area contributed by atoms with E-state index in [0.29, 0.717) is 23.6 Å².